The molecule has 0 aliphatic carbocycles. The highest BCUT2D eigenvalue weighted by Crippen LogP contribution is 2.24. The second kappa shape index (κ2) is 7.38. The third-order valence-electron chi connectivity index (χ3n) is 2.85. The maximum atomic E-state index is 12.1. The lowest BCUT2D eigenvalue weighted by Crippen LogP contribution is -2.30. The van der Waals surface area contributed by atoms with Crippen molar-refractivity contribution in [3.8, 4) is 5.75 Å². The van der Waals surface area contributed by atoms with E-state index in [1.54, 1.807) is 30.8 Å². The van der Waals surface area contributed by atoms with Gasteiger partial charge in [-0.2, -0.15) is 0 Å². The van der Waals surface area contributed by atoms with Crippen LogP contribution in [0.25, 0.3) is 0 Å². The molecule has 0 saturated carbocycles. The number of amides is 1. The Bertz CT molecular complexity index is 633. The van der Waals surface area contributed by atoms with Crippen LogP contribution in [0.3, 0.4) is 0 Å². The number of para-hydroxylation sites is 1. The van der Waals surface area contributed by atoms with Gasteiger partial charge in [0.2, 0.25) is 0 Å². The van der Waals surface area contributed by atoms with E-state index in [9.17, 15) is 4.79 Å². The van der Waals surface area contributed by atoms with E-state index in [0.717, 1.165) is 10.6 Å². The van der Waals surface area contributed by atoms with Gasteiger partial charge in [0.05, 0.1) is 5.02 Å². The van der Waals surface area contributed by atoms with Crippen molar-refractivity contribution in [2.45, 2.75) is 17.9 Å². The van der Waals surface area contributed by atoms with Crippen molar-refractivity contribution in [1.29, 1.82) is 0 Å². The van der Waals surface area contributed by atoms with Crippen molar-refractivity contribution in [3.63, 3.8) is 0 Å². The molecule has 2 rings (SSSR count). The summed E-state index contributed by atoms with van der Waals surface area (Å²) in [6.45, 7) is 1.69. The highest BCUT2D eigenvalue weighted by molar-refractivity contribution is 7.98. The molecule has 2 aromatic carbocycles. The summed E-state index contributed by atoms with van der Waals surface area (Å²) in [6, 6.07) is 14.8. The first-order valence-corrected chi connectivity index (χ1v) is 8.06. The minimum Gasteiger partial charge on any atom is -0.479 e. The van der Waals surface area contributed by atoms with Gasteiger partial charge in [-0.1, -0.05) is 29.8 Å². The van der Waals surface area contributed by atoms with Gasteiger partial charge in [0, 0.05) is 10.6 Å². The predicted molar refractivity (Wildman–Crippen MR) is 88.4 cm³/mol. The van der Waals surface area contributed by atoms with E-state index in [4.69, 9.17) is 16.3 Å². The summed E-state index contributed by atoms with van der Waals surface area (Å²) in [4.78, 5) is 13.2. The summed E-state index contributed by atoms with van der Waals surface area (Å²) in [6.07, 6.45) is 1.35. The van der Waals surface area contributed by atoms with Crippen LogP contribution in [-0.4, -0.2) is 18.3 Å². The van der Waals surface area contributed by atoms with Gasteiger partial charge in [-0.15, -0.1) is 11.8 Å². The first kappa shape index (κ1) is 15.7. The van der Waals surface area contributed by atoms with Crippen molar-refractivity contribution in [2.75, 3.05) is 11.6 Å². The van der Waals surface area contributed by atoms with Gasteiger partial charge in [0.15, 0.2) is 6.10 Å². The standard InChI is InChI=1S/C16H16ClNO2S/c1-11(20-15-9-4-3-8-14(15)17)16(19)18-12-6-5-7-13(10-12)21-2/h3-11H,1-2H3,(H,18,19)/t11-/m1/s1. The number of anilines is 1. The zero-order valence-electron chi connectivity index (χ0n) is 11.8. The number of thioether (sulfide) groups is 1. The van der Waals surface area contributed by atoms with Gasteiger partial charge in [-0.3, -0.25) is 4.79 Å². The Morgan fingerprint density at radius 1 is 1.24 bits per heavy atom. The number of hydrogen-bond acceptors (Lipinski definition) is 3. The number of ether oxygens (including phenoxy) is 1. The van der Waals surface area contributed by atoms with Crippen LogP contribution in [-0.2, 0) is 4.79 Å². The molecule has 21 heavy (non-hydrogen) atoms. The summed E-state index contributed by atoms with van der Waals surface area (Å²) in [5.74, 6) is 0.285. The van der Waals surface area contributed by atoms with E-state index >= 15 is 0 Å². The second-order valence-electron chi connectivity index (χ2n) is 4.41. The number of carbonyl (C=O) groups excluding carboxylic acids is 1. The van der Waals surface area contributed by atoms with Crippen molar-refractivity contribution in [3.05, 3.63) is 53.6 Å². The fourth-order valence-electron chi connectivity index (χ4n) is 1.73. The van der Waals surface area contributed by atoms with E-state index in [1.165, 1.54) is 0 Å². The van der Waals surface area contributed by atoms with E-state index in [0.29, 0.717) is 10.8 Å². The Morgan fingerprint density at radius 2 is 2.00 bits per heavy atom. The molecule has 0 fully saturated rings. The molecule has 0 aliphatic heterocycles. The number of benzene rings is 2. The fraction of sp³-hybridized carbons (Fsp3) is 0.188. The smallest absolute Gasteiger partial charge is 0.265 e. The maximum Gasteiger partial charge on any atom is 0.265 e. The molecule has 0 heterocycles. The Balaban J connectivity index is 2.01. The molecule has 0 radical (unpaired) electrons. The Hall–Kier alpha value is -1.65. The Labute approximate surface area is 133 Å². The SMILES string of the molecule is CSc1cccc(NC(=O)[C@@H](C)Oc2ccccc2Cl)c1. The van der Waals surface area contributed by atoms with Gasteiger partial charge in [0.1, 0.15) is 5.75 Å². The predicted octanol–water partition coefficient (Wildman–Crippen LogP) is 4.47. The summed E-state index contributed by atoms with van der Waals surface area (Å²) < 4.78 is 5.59. The summed E-state index contributed by atoms with van der Waals surface area (Å²) in [7, 11) is 0. The minimum atomic E-state index is -0.636. The van der Waals surface area contributed by atoms with Crippen LogP contribution < -0.4 is 10.1 Å². The van der Waals surface area contributed by atoms with Crippen molar-refractivity contribution in [1.82, 2.24) is 0 Å². The highest BCUT2D eigenvalue weighted by Gasteiger charge is 2.16. The van der Waals surface area contributed by atoms with Gasteiger partial charge in [-0.25, -0.2) is 0 Å². The molecule has 110 valence electrons. The zero-order chi connectivity index (χ0) is 15.2. The maximum absolute atomic E-state index is 12.1. The molecule has 3 nitrogen and oxygen atoms in total. The molecule has 0 aliphatic rings. The van der Waals surface area contributed by atoms with Crippen LogP contribution in [0.1, 0.15) is 6.92 Å². The van der Waals surface area contributed by atoms with E-state index in [1.807, 2.05) is 42.7 Å². The molecular formula is C16H16ClNO2S. The minimum absolute atomic E-state index is 0.215. The quantitative estimate of drug-likeness (QED) is 0.826. The second-order valence-corrected chi connectivity index (χ2v) is 5.70. The fourth-order valence-corrected chi connectivity index (χ4v) is 2.37. The molecule has 0 spiro atoms. The summed E-state index contributed by atoms with van der Waals surface area (Å²) in [5.41, 5.74) is 0.751. The van der Waals surface area contributed by atoms with Crippen molar-refractivity contribution >= 4 is 35.0 Å². The molecule has 0 bridgehead atoms. The first-order valence-electron chi connectivity index (χ1n) is 6.46. The van der Waals surface area contributed by atoms with Gasteiger partial charge in [-0.05, 0) is 43.5 Å². The Morgan fingerprint density at radius 3 is 2.71 bits per heavy atom. The van der Waals surface area contributed by atoms with E-state index in [2.05, 4.69) is 5.32 Å². The van der Waals surface area contributed by atoms with Gasteiger partial charge >= 0.3 is 0 Å². The average molecular weight is 322 g/mol. The van der Waals surface area contributed by atoms with Crippen LogP contribution in [0.15, 0.2) is 53.4 Å². The largest absolute Gasteiger partial charge is 0.479 e. The number of nitrogens with one attached hydrogen (secondary N) is 1. The summed E-state index contributed by atoms with van der Waals surface area (Å²) in [5, 5.41) is 3.32. The van der Waals surface area contributed by atoms with Crippen LogP contribution in [0.2, 0.25) is 5.02 Å². The third kappa shape index (κ3) is 4.41. The number of halogens is 1. The summed E-state index contributed by atoms with van der Waals surface area (Å²) >= 11 is 7.64. The highest BCUT2D eigenvalue weighted by atomic mass is 35.5. The lowest BCUT2D eigenvalue weighted by Gasteiger charge is -2.15. The number of carbonyl (C=O) groups is 1. The van der Waals surface area contributed by atoms with E-state index < -0.39 is 6.10 Å². The number of rotatable bonds is 5. The molecule has 0 saturated heterocycles. The van der Waals surface area contributed by atoms with E-state index in [-0.39, 0.29) is 5.91 Å². The molecule has 0 unspecified atom stereocenters. The monoisotopic (exact) mass is 321 g/mol. The van der Waals surface area contributed by atoms with Crippen LogP contribution >= 0.6 is 23.4 Å². The third-order valence-corrected chi connectivity index (χ3v) is 3.88. The van der Waals surface area contributed by atoms with Crippen LogP contribution in [0, 0.1) is 0 Å². The molecule has 2 aromatic rings. The van der Waals surface area contributed by atoms with Gasteiger partial charge in [0.25, 0.3) is 5.91 Å². The normalized spacial score (nSPS) is 11.8. The van der Waals surface area contributed by atoms with Crippen molar-refractivity contribution < 1.29 is 9.53 Å². The van der Waals surface area contributed by atoms with Crippen LogP contribution in [0.5, 0.6) is 5.75 Å². The lowest BCUT2D eigenvalue weighted by atomic mass is 10.3. The van der Waals surface area contributed by atoms with Crippen molar-refractivity contribution in [2.24, 2.45) is 0 Å². The first-order chi connectivity index (χ1) is 10.1. The molecule has 1 N–H and O–H groups in total. The lowest BCUT2D eigenvalue weighted by molar-refractivity contribution is -0.122. The molecule has 0 aromatic heterocycles. The Kier molecular flexibility index (Phi) is 5.53. The van der Waals surface area contributed by atoms with Gasteiger partial charge < -0.3 is 10.1 Å². The van der Waals surface area contributed by atoms with Crippen LogP contribution in [0.4, 0.5) is 5.69 Å². The zero-order valence-corrected chi connectivity index (χ0v) is 13.4. The molecule has 5 heteroatoms. The molecule has 1 atom stereocenters. The topological polar surface area (TPSA) is 38.3 Å². The number of hydrogen-bond donors (Lipinski definition) is 1. The molecular weight excluding hydrogens is 306 g/mol. The molecule has 1 amide bonds. The average Bonchev–Trinajstić information content (AvgIpc) is 2.49.